The van der Waals surface area contributed by atoms with Crippen LogP contribution in [-0.4, -0.2) is 20.1 Å². The van der Waals surface area contributed by atoms with Crippen molar-refractivity contribution in [2.45, 2.75) is 13.8 Å². The molecule has 2 aromatic heterocycles. The van der Waals surface area contributed by atoms with E-state index in [0.29, 0.717) is 28.1 Å². The van der Waals surface area contributed by atoms with Crippen molar-refractivity contribution in [2.75, 3.05) is 0 Å². The summed E-state index contributed by atoms with van der Waals surface area (Å²) in [4.78, 5) is 12.6. The second kappa shape index (κ2) is 6.51. The van der Waals surface area contributed by atoms with Gasteiger partial charge in [-0.1, -0.05) is 11.6 Å². The fraction of sp³-hybridized carbons (Fsp3) is 0.105. The van der Waals surface area contributed by atoms with Crippen LogP contribution in [0.4, 0.5) is 4.39 Å². The number of halogens is 2. The largest absolute Gasteiger partial charge is 0.507 e. The van der Waals surface area contributed by atoms with Crippen molar-refractivity contribution in [3.05, 3.63) is 58.5 Å². The van der Waals surface area contributed by atoms with E-state index in [2.05, 4.69) is 15.0 Å². The monoisotopic (exact) mass is 385 g/mol. The molecular weight excluding hydrogens is 373 g/mol. The number of aromatic hydroxyl groups is 1. The summed E-state index contributed by atoms with van der Waals surface area (Å²) in [5.41, 5.74) is 2.83. The average molecular weight is 386 g/mol. The van der Waals surface area contributed by atoms with Gasteiger partial charge in [0.25, 0.3) is 5.71 Å². The molecule has 0 amide bonds. The van der Waals surface area contributed by atoms with Crippen LogP contribution < -0.4 is 4.74 Å². The third-order valence-corrected chi connectivity index (χ3v) is 4.26. The maximum atomic E-state index is 13.1. The summed E-state index contributed by atoms with van der Waals surface area (Å²) in [6.45, 7) is 3.60. The highest BCUT2D eigenvalue weighted by molar-refractivity contribution is 6.32. The Morgan fingerprint density at radius 2 is 1.85 bits per heavy atom. The van der Waals surface area contributed by atoms with Gasteiger partial charge in [0.15, 0.2) is 0 Å². The number of nitrogens with zero attached hydrogens (tertiary/aromatic N) is 3. The fourth-order valence-corrected chi connectivity index (χ4v) is 2.83. The molecule has 8 heteroatoms. The highest BCUT2D eigenvalue weighted by atomic mass is 35.5. The van der Waals surface area contributed by atoms with Crippen molar-refractivity contribution in [1.29, 1.82) is 0 Å². The molecule has 0 aliphatic heterocycles. The van der Waals surface area contributed by atoms with Crippen LogP contribution in [0.1, 0.15) is 11.1 Å². The normalized spacial score (nSPS) is 11.1. The van der Waals surface area contributed by atoms with E-state index in [1.54, 1.807) is 26.0 Å². The van der Waals surface area contributed by atoms with Crippen LogP contribution in [0.3, 0.4) is 0 Å². The Morgan fingerprint density at radius 1 is 1.11 bits per heavy atom. The quantitative estimate of drug-likeness (QED) is 0.522. The molecule has 4 rings (SSSR count). The summed E-state index contributed by atoms with van der Waals surface area (Å²) in [5, 5.41) is 10.0. The van der Waals surface area contributed by atoms with E-state index in [9.17, 15) is 9.50 Å². The fourth-order valence-electron chi connectivity index (χ4n) is 2.63. The van der Waals surface area contributed by atoms with Gasteiger partial charge in [-0.05, 0) is 55.3 Å². The van der Waals surface area contributed by atoms with Gasteiger partial charge in [0.1, 0.15) is 22.8 Å². The minimum atomic E-state index is -0.469. The van der Waals surface area contributed by atoms with Crippen LogP contribution in [0, 0.1) is 19.7 Å². The van der Waals surface area contributed by atoms with Gasteiger partial charge in [0, 0.05) is 5.56 Å². The standard InChI is InChI=1S/C19H13ClFN3O3/c1-9-5-11(6-10(2)16(9)25)17-23-14-8-22-19(24-18(14)27-17)26-15-4-3-12(21)7-13(15)20/h3-8,25H,1-2H3. The van der Waals surface area contributed by atoms with E-state index in [0.717, 1.165) is 6.07 Å². The molecule has 0 aliphatic carbocycles. The molecule has 0 saturated carbocycles. The third kappa shape index (κ3) is 3.29. The Kier molecular flexibility index (Phi) is 4.16. The van der Waals surface area contributed by atoms with E-state index >= 15 is 0 Å². The van der Waals surface area contributed by atoms with Crippen LogP contribution in [0.15, 0.2) is 40.9 Å². The highest BCUT2D eigenvalue weighted by Crippen LogP contribution is 2.32. The number of hydrogen-bond acceptors (Lipinski definition) is 6. The van der Waals surface area contributed by atoms with Crippen molar-refractivity contribution >= 4 is 22.8 Å². The highest BCUT2D eigenvalue weighted by Gasteiger charge is 2.14. The van der Waals surface area contributed by atoms with Crippen molar-refractivity contribution < 1.29 is 18.7 Å². The molecule has 2 heterocycles. The van der Waals surface area contributed by atoms with Crippen LogP contribution in [0.25, 0.3) is 22.7 Å². The van der Waals surface area contributed by atoms with Crippen molar-refractivity contribution in [3.63, 3.8) is 0 Å². The molecule has 1 N–H and O–H groups in total. The number of aryl methyl sites for hydroxylation is 2. The lowest BCUT2D eigenvalue weighted by Crippen LogP contribution is -1.92. The first-order chi connectivity index (χ1) is 12.9. The molecule has 0 fully saturated rings. The lowest BCUT2D eigenvalue weighted by Gasteiger charge is -2.05. The van der Waals surface area contributed by atoms with Gasteiger partial charge >= 0.3 is 6.01 Å². The number of phenols is 1. The zero-order valence-corrected chi connectivity index (χ0v) is 15.1. The molecule has 0 bridgehead atoms. The van der Waals surface area contributed by atoms with Gasteiger partial charge < -0.3 is 14.3 Å². The summed E-state index contributed by atoms with van der Waals surface area (Å²) >= 11 is 5.95. The molecule has 0 radical (unpaired) electrons. The van der Waals surface area contributed by atoms with Gasteiger partial charge in [-0.25, -0.2) is 14.4 Å². The van der Waals surface area contributed by atoms with E-state index in [1.165, 1.54) is 18.3 Å². The predicted molar refractivity (Wildman–Crippen MR) is 97.7 cm³/mol. The Bertz CT molecular complexity index is 1150. The lowest BCUT2D eigenvalue weighted by atomic mass is 10.1. The van der Waals surface area contributed by atoms with Crippen molar-refractivity contribution in [3.8, 4) is 29.0 Å². The summed E-state index contributed by atoms with van der Waals surface area (Å²) in [6.07, 6.45) is 1.46. The second-order valence-corrected chi connectivity index (χ2v) is 6.40. The van der Waals surface area contributed by atoms with Gasteiger partial charge in [0.2, 0.25) is 5.89 Å². The average Bonchev–Trinajstić information content (AvgIpc) is 3.05. The molecule has 0 atom stereocenters. The van der Waals surface area contributed by atoms with E-state index in [-0.39, 0.29) is 28.2 Å². The van der Waals surface area contributed by atoms with Crippen molar-refractivity contribution in [1.82, 2.24) is 15.0 Å². The SMILES string of the molecule is Cc1cc(-c2nc3cnc(Oc4ccc(F)cc4Cl)nc3o2)cc(C)c1O. The molecule has 6 nitrogen and oxygen atoms in total. The first kappa shape index (κ1) is 17.2. The van der Waals surface area contributed by atoms with Crippen LogP contribution in [0.5, 0.6) is 17.5 Å². The Morgan fingerprint density at radius 3 is 2.56 bits per heavy atom. The van der Waals surface area contributed by atoms with Crippen molar-refractivity contribution in [2.24, 2.45) is 0 Å². The maximum Gasteiger partial charge on any atom is 0.325 e. The first-order valence-electron chi connectivity index (χ1n) is 7.98. The second-order valence-electron chi connectivity index (χ2n) is 6.00. The number of fused-ring (bicyclic) bond motifs is 1. The van der Waals surface area contributed by atoms with Crippen LogP contribution >= 0.6 is 11.6 Å². The first-order valence-corrected chi connectivity index (χ1v) is 8.35. The number of benzene rings is 2. The summed E-state index contributed by atoms with van der Waals surface area (Å²) < 4.78 is 24.3. The van der Waals surface area contributed by atoms with E-state index in [4.69, 9.17) is 20.8 Å². The third-order valence-electron chi connectivity index (χ3n) is 3.96. The Hall–Kier alpha value is -3.19. The minimum Gasteiger partial charge on any atom is -0.507 e. The van der Waals surface area contributed by atoms with E-state index < -0.39 is 5.82 Å². The van der Waals surface area contributed by atoms with E-state index in [1.807, 2.05) is 0 Å². The number of hydrogen-bond donors (Lipinski definition) is 1. The molecule has 0 unspecified atom stereocenters. The number of phenolic OH excluding ortho intramolecular Hbond substituents is 1. The summed E-state index contributed by atoms with van der Waals surface area (Å²) in [6, 6.07) is 7.29. The number of oxazole rings is 1. The topological polar surface area (TPSA) is 81.3 Å². The smallest absolute Gasteiger partial charge is 0.325 e. The van der Waals surface area contributed by atoms with Crippen LogP contribution in [0.2, 0.25) is 5.02 Å². The molecule has 27 heavy (non-hydrogen) atoms. The number of ether oxygens (including phenoxy) is 1. The number of aromatic nitrogens is 3. The molecular formula is C19H13ClFN3O3. The Labute approximate surface area is 158 Å². The molecule has 136 valence electrons. The lowest BCUT2D eigenvalue weighted by molar-refractivity contribution is 0.439. The summed E-state index contributed by atoms with van der Waals surface area (Å²) in [7, 11) is 0. The maximum absolute atomic E-state index is 13.1. The molecule has 4 aromatic rings. The molecule has 0 aliphatic rings. The minimum absolute atomic E-state index is 0.00299. The predicted octanol–water partition coefficient (Wildman–Crippen LogP) is 5.19. The molecule has 0 saturated heterocycles. The van der Waals surface area contributed by atoms with Gasteiger partial charge in [-0.2, -0.15) is 4.98 Å². The Balaban J connectivity index is 1.70. The number of rotatable bonds is 3. The molecule has 2 aromatic carbocycles. The zero-order chi connectivity index (χ0) is 19.1. The summed E-state index contributed by atoms with van der Waals surface area (Å²) in [5.74, 6) is 0.342. The van der Waals surface area contributed by atoms with Gasteiger partial charge in [-0.3, -0.25) is 0 Å². The zero-order valence-electron chi connectivity index (χ0n) is 14.3. The van der Waals surface area contributed by atoms with Gasteiger partial charge in [0.05, 0.1) is 11.2 Å². The molecule has 0 spiro atoms. The van der Waals surface area contributed by atoms with Crippen LogP contribution in [-0.2, 0) is 0 Å². The van der Waals surface area contributed by atoms with Gasteiger partial charge in [-0.15, -0.1) is 0 Å².